The second-order valence-corrected chi connectivity index (χ2v) is 6.53. The van der Waals surface area contributed by atoms with Crippen LogP contribution in [0.4, 0.5) is 0 Å². The SMILES string of the molecule is CCCC(=NOC/C=C/Cl)C1C(=O)CN(C(=S)C(C)CC)CC1=O. The normalized spacial score (nSPS) is 18.3. The van der Waals surface area contributed by atoms with Crippen LogP contribution in [0.25, 0.3) is 0 Å². The summed E-state index contributed by atoms with van der Waals surface area (Å²) in [5, 5.41) is 4.01. The van der Waals surface area contributed by atoms with Gasteiger partial charge in [-0.2, -0.15) is 0 Å². The lowest BCUT2D eigenvalue weighted by Crippen LogP contribution is -2.52. The van der Waals surface area contributed by atoms with E-state index in [9.17, 15) is 9.59 Å². The summed E-state index contributed by atoms with van der Waals surface area (Å²) in [5.41, 5.74) is 1.82. The van der Waals surface area contributed by atoms with Crippen molar-refractivity contribution in [2.24, 2.45) is 17.0 Å². The highest BCUT2D eigenvalue weighted by Gasteiger charge is 2.39. The molecule has 1 heterocycles. The minimum Gasteiger partial charge on any atom is -0.392 e. The topological polar surface area (TPSA) is 59.0 Å². The fourth-order valence-electron chi connectivity index (χ4n) is 2.51. The average molecular weight is 373 g/mol. The average Bonchev–Trinajstić information content (AvgIpc) is 2.56. The van der Waals surface area contributed by atoms with E-state index < -0.39 is 5.92 Å². The Morgan fingerprint density at radius 3 is 2.54 bits per heavy atom. The summed E-state index contributed by atoms with van der Waals surface area (Å²) >= 11 is 10.8. The van der Waals surface area contributed by atoms with Gasteiger partial charge in [0.25, 0.3) is 0 Å². The van der Waals surface area contributed by atoms with Crippen LogP contribution in [0.3, 0.4) is 0 Å². The summed E-state index contributed by atoms with van der Waals surface area (Å²) in [7, 11) is 0. The van der Waals surface area contributed by atoms with Gasteiger partial charge in [-0.05, 0) is 18.9 Å². The van der Waals surface area contributed by atoms with Gasteiger partial charge in [0.05, 0.1) is 23.8 Å². The molecule has 1 aliphatic heterocycles. The van der Waals surface area contributed by atoms with Gasteiger partial charge < -0.3 is 9.74 Å². The number of hydrogen-bond donors (Lipinski definition) is 0. The Morgan fingerprint density at radius 1 is 1.42 bits per heavy atom. The van der Waals surface area contributed by atoms with E-state index >= 15 is 0 Å². The van der Waals surface area contributed by atoms with Gasteiger partial charge >= 0.3 is 0 Å². The van der Waals surface area contributed by atoms with Crippen molar-refractivity contribution in [3.63, 3.8) is 0 Å². The minimum atomic E-state index is -0.819. The standard InChI is InChI=1S/C17H25ClN2O3S/c1-4-7-13(19-23-9-6-8-18)16-14(21)10-20(11-15(16)22)17(24)12(3)5-2/h6,8,12,16H,4-5,7,9-11H2,1-3H3/b8-6+,19-13?. The van der Waals surface area contributed by atoms with Gasteiger partial charge in [0.1, 0.15) is 12.5 Å². The molecule has 0 aromatic rings. The summed E-state index contributed by atoms with van der Waals surface area (Å²) < 4.78 is 0. The number of hydrogen-bond acceptors (Lipinski definition) is 5. The van der Waals surface area contributed by atoms with Crippen molar-refractivity contribution in [3.05, 3.63) is 11.6 Å². The van der Waals surface area contributed by atoms with Crippen LogP contribution in [0, 0.1) is 11.8 Å². The first-order valence-electron chi connectivity index (χ1n) is 8.24. The third kappa shape index (κ3) is 5.67. The van der Waals surface area contributed by atoms with Crippen molar-refractivity contribution in [2.75, 3.05) is 19.7 Å². The molecule has 1 unspecified atom stereocenters. The molecular formula is C17H25ClN2O3S. The Morgan fingerprint density at radius 2 is 2.04 bits per heavy atom. The fraction of sp³-hybridized carbons (Fsp3) is 0.647. The number of ketones is 2. The van der Waals surface area contributed by atoms with E-state index in [0.717, 1.165) is 12.8 Å². The number of nitrogens with zero attached hydrogens (tertiary/aromatic N) is 2. The number of carbonyl (C=O) groups excluding carboxylic acids is 2. The second kappa shape index (κ2) is 10.6. The number of likely N-dealkylation sites (tertiary alicyclic amines) is 1. The van der Waals surface area contributed by atoms with E-state index in [4.69, 9.17) is 28.7 Å². The van der Waals surface area contributed by atoms with E-state index in [2.05, 4.69) is 5.16 Å². The van der Waals surface area contributed by atoms with Crippen molar-refractivity contribution >= 4 is 46.1 Å². The Bertz CT molecular complexity index is 516. The van der Waals surface area contributed by atoms with Gasteiger partial charge in [-0.15, -0.1) is 0 Å². The Labute approximate surface area is 154 Å². The zero-order valence-electron chi connectivity index (χ0n) is 14.5. The van der Waals surface area contributed by atoms with Crippen molar-refractivity contribution in [2.45, 2.75) is 40.0 Å². The molecule has 134 valence electrons. The number of rotatable bonds is 8. The molecule has 1 rings (SSSR count). The van der Waals surface area contributed by atoms with Crippen LogP contribution in [0.15, 0.2) is 16.8 Å². The lowest BCUT2D eigenvalue weighted by molar-refractivity contribution is -0.134. The van der Waals surface area contributed by atoms with Crippen LogP contribution in [-0.4, -0.2) is 46.9 Å². The van der Waals surface area contributed by atoms with Crippen LogP contribution < -0.4 is 0 Å². The molecule has 0 aromatic carbocycles. The van der Waals surface area contributed by atoms with E-state index in [0.29, 0.717) is 17.1 Å². The smallest absolute Gasteiger partial charge is 0.168 e. The number of carbonyl (C=O) groups is 2. The highest BCUT2D eigenvalue weighted by Crippen LogP contribution is 2.19. The summed E-state index contributed by atoms with van der Waals surface area (Å²) in [5.74, 6) is -0.978. The Balaban J connectivity index is 2.86. The molecule has 0 bridgehead atoms. The molecule has 1 fully saturated rings. The molecule has 0 aliphatic carbocycles. The molecule has 5 nitrogen and oxygen atoms in total. The van der Waals surface area contributed by atoms with Gasteiger partial charge in [0.2, 0.25) is 0 Å². The third-order valence-electron chi connectivity index (χ3n) is 3.96. The lowest BCUT2D eigenvalue weighted by atomic mass is 9.87. The maximum Gasteiger partial charge on any atom is 0.168 e. The van der Waals surface area contributed by atoms with Crippen LogP contribution >= 0.6 is 23.8 Å². The molecule has 1 aliphatic rings. The van der Waals surface area contributed by atoms with Gasteiger partial charge in [-0.1, -0.05) is 56.2 Å². The molecule has 24 heavy (non-hydrogen) atoms. The highest BCUT2D eigenvalue weighted by molar-refractivity contribution is 7.80. The Hall–Kier alpha value is -1.27. The van der Waals surface area contributed by atoms with Gasteiger partial charge in [-0.3, -0.25) is 9.59 Å². The predicted molar refractivity (Wildman–Crippen MR) is 100 cm³/mol. The first kappa shape index (κ1) is 20.8. The van der Waals surface area contributed by atoms with Crippen LogP contribution in [0.1, 0.15) is 40.0 Å². The van der Waals surface area contributed by atoms with Gasteiger partial charge in [-0.25, -0.2) is 0 Å². The number of halogens is 1. The van der Waals surface area contributed by atoms with Crippen LogP contribution in [0.5, 0.6) is 0 Å². The van der Waals surface area contributed by atoms with E-state index in [1.165, 1.54) is 5.54 Å². The largest absolute Gasteiger partial charge is 0.392 e. The van der Waals surface area contributed by atoms with Crippen molar-refractivity contribution in [3.8, 4) is 0 Å². The molecular weight excluding hydrogens is 348 g/mol. The molecule has 0 radical (unpaired) electrons. The lowest BCUT2D eigenvalue weighted by Gasteiger charge is -2.33. The monoisotopic (exact) mass is 372 g/mol. The fourth-order valence-corrected chi connectivity index (χ4v) is 2.87. The third-order valence-corrected chi connectivity index (χ3v) is 4.80. The number of piperidine rings is 1. The molecule has 0 N–H and O–H groups in total. The Kier molecular flexibility index (Phi) is 9.14. The summed E-state index contributed by atoms with van der Waals surface area (Å²) in [6.07, 6.45) is 3.79. The van der Waals surface area contributed by atoms with E-state index in [1.54, 1.807) is 11.0 Å². The van der Waals surface area contributed by atoms with Crippen LogP contribution in [-0.2, 0) is 14.4 Å². The quantitative estimate of drug-likeness (QED) is 0.215. The molecule has 0 saturated carbocycles. The van der Waals surface area contributed by atoms with Crippen molar-refractivity contribution in [1.82, 2.24) is 4.90 Å². The van der Waals surface area contributed by atoms with Gasteiger partial charge in [0.15, 0.2) is 11.6 Å². The number of thiocarbonyl (C=S) groups is 1. The minimum absolute atomic E-state index is 0.157. The van der Waals surface area contributed by atoms with Crippen molar-refractivity contribution in [1.29, 1.82) is 0 Å². The molecule has 0 amide bonds. The van der Waals surface area contributed by atoms with Gasteiger partial charge in [0, 0.05) is 11.5 Å². The molecule has 1 atom stereocenters. The maximum atomic E-state index is 12.5. The molecule has 0 aromatic heterocycles. The van der Waals surface area contributed by atoms with Crippen LogP contribution in [0.2, 0.25) is 0 Å². The zero-order valence-corrected chi connectivity index (χ0v) is 16.0. The zero-order chi connectivity index (χ0) is 18.1. The van der Waals surface area contributed by atoms with Crippen molar-refractivity contribution < 1.29 is 14.4 Å². The molecule has 0 spiro atoms. The summed E-state index contributed by atoms with van der Waals surface area (Å²) in [4.78, 5) is 32.6. The first-order valence-corrected chi connectivity index (χ1v) is 9.08. The summed E-state index contributed by atoms with van der Waals surface area (Å²) in [6.45, 7) is 6.53. The summed E-state index contributed by atoms with van der Waals surface area (Å²) in [6, 6.07) is 0. The number of oxime groups is 1. The van der Waals surface area contributed by atoms with E-state index in [-0.39, 0.29) is 37.2 Å². The first-order chi connectivity index (χ1) is 11.5. The maximum absolute atomic E-state index is 12.5. The highest BCUT2D eigenvalue weighted by atomic mass is 35.5. The number of Topliss-reactive ketones (excluding diaryl/α,β-unsaturated/α-hetero) is 2. The molecule has 7 heteroatoms. The molecule has 1 saturated heterocycles. The second-order valence-electron chi connectivity index (χ2n) is 5.86. The van der Waals surface area contributed by atoms with E-state index in [1.807, 2.05) is 20.8 Å². The predicted octanol–water partition coefficient (Wildman–Crippen LogP) is 3.36.